The molecule has 2 rings (SSSR count). The number of carbonyl (C=O) groups excluding carboxylic acids is 2. The molecule has 0 aromatic heterocycles. The van der Waals surface area contributed by atoms with Crippen molar-refractivity contribution in [3.05, 3.63) is 24.3 Å². The molecule has 0 radical (unpaired) electrons. The molecular weight excluding hydrogens is 320 g/mol. The summed E-state index contributed by atoms with van der Waals surface area (Å²) in [5.41, 5.74) is -0.128. The van der Waals surface area contributed by atoms with Gasteiger partial charge in [0.1, 0.15) is 11.3 Å². The number of methoxy groups -OCH3 is 1. The Morgan fingerprint density at radius 3 is 2.40 bits per heavy atom. The lowest BCUT2D eigenvalue weighted by atomic mass is 9.98. The fourth-order valence-corrected chi connectivity index (χ4v) is 2.71. The second-order valence-corrected chi connectivity index (χ2v) is 6.72. The Hall–Kier alpha value is -2.59. The van der Waals surface area contributed by atoms with Gasteiger partial charge in [0.15, 0.2) is 13.1 Å². The quantitative estimate of drug-likeness (QED) is 0.616. The van der Waals surface area contributed by atoms with Gasteiger partial charge < -0.3 is 20.3 Å². The summed E-state index contributed by atoms with van der Waals surface area (Å²) in [6.45, 7) is 2.06. The van der Waals surface area contributed by atoms with Crippen LogP contribution in [0.5, 0.6) is 5.75 Å². The van der Waals surface area contributed by atoms with Crippen molar-refractivity contribution in [3.8, 4) is 11.8 Å². The summed E-state index contributed by atoms with van der Waals surface area (Å²) in [7, 11) is 3.35. The van der Waals surface area contributed by atoms with Crippen LogP contribution in [0.25, 0.3) is 0 Å². The highest BCUT2D eigenvalue weighted by Crippen LogP contribution is 2.39. The molecule has 1 unspecified atom stereocenters. The molecule has 1 saturated carbocycles. The van der Waals surface area contributed by atoms with Crippen LogP contribution in [0.15, 0.2) is 24.3 Å². The zero-order chi connectivity index (χ0) is 18.4. The molecule has 1 aliphatic rings. The Bertz CT molecular complexity index is 664. The average molecular weight is 345 g/mol. The molecule has 1 aromatic carbocycles. The Labute approximate surface area is 147 Å². The van der Waals surface area contributed by atoms with Gasteiger partial charge >= 0.3 is 0 Å². The minimum atomic E-state index is -0.803. The number of carbonyl (C=O) groups is 2. The van der Waals surface area contributed by atoms with E-state index in [-0.39, 0.29) is 30.8 Å². The zero-order valence-electron chi connectivity index (χ0n) is 14.9. The summed E-state index contributed by atoms with van der Waals surface area (Å²) >= 11 is 0. The number of nitrogens with one attached hydrogen (secondary N) is 3. The molecule has 7 heteroatoms. The Morgan fingerprint density at radius 2 is 1.88 bits per heavy atom. The fraction of sp³-hybridized carbons (Fsp3) is 0.500. The number of ether oxygens (including phenoxy) is 1. The third-order valence-electron chi connectivity index (χ3n) is 4.32. The molecule has 1 aromatic rings. The monoisotopic (exact) mass is 345 g/mol. The van der Waals surface area contributed by atoms with Gasteiger partial charge in [0.25, 0.3) is 11.8 Å². The van der Waals surface area contributed by atoms with Crippen LogP contribution in [0, 0.1) is 17.2 Å². The second kappa shape index (κ2) is 7.99. The van der Waals surface area contributed by atoms with Crippen LogP contribution < -0.4 is 20.3 Å². The first-order valence-corrected chi connectivity index (χ1v) is 8.33. The lowest BCUT2D eigenvalue weighted by Gasteiger charge is -2.23. The summed E-state index contributed by atoms with van der Waals surface area (Å²) in [5.74, 6) is 0.556. The Kier molecular flexibility index (Phi) is 5.99. The van der Waals surface area contributed by atoms with E-state index in [1.54, 1.807) is 45.3 Å². The summed E-state index contributed by atoms with van der Waals surface area (Å²) in [5, 5.41) is 14.9. The standard InChI is InChI=1S/C18H24N4O3/c1-18(12-19,13-4-5-13)21-17(24)11-22(2)10-16(23)20-14-6-8-15(25-3)9-7-14/h6-9,13H,4-5,10-11H2,1-3H3,(H,20,23)(H,21,24)/p+1/t18-/m0/s1. The van der Waals surface area contributed by atoms with Crippen molar-refractivity contribution in [2.75, 3.05) is 32.6 Å². The van der Waals surface area contributed by atoms with E-state index in [4.69, 9.17) is 4.74 Å². The summed E-state index contributed by atoms with van der Waals surface area (Å²) < 4.78 is 5.07. The number of nitriles is 1. The molecule has 0 aliphatic heterocycles. The molecule has 2 atom stereocenters. The smallest absolute Gasteiger partial charge is 0.279 e. The van der Waals surface area contributed by atoms with Crippen LogP contribution in [0.4, 0.5) is 5.69 Å². The van der Waals surface area contributed by atoms with Crippen molar-refractivity contribution in [1.29, 1.82) is 5.26 Å². The van der Waals surface area contributed by atoms with E-state index in [9.17, 15) is 14.9 Å². The van der Waals surface area contributed by atoms with E-state index in [0.717, 1.165) is 17.7 Å². The molecule has 7 nitrogen and oxygen atoms in total. The lowest BCUT2D eigenvalue weighted by Crippen LogP contribution is -3.11. The van der Waals surface area contributed by atoms with E-state index in [0.29, 0.717) is 11.4 Å². The van der Waals surface area contributed by atoms with Crippen LogP contribution in [-0.2, 0) is 9.59 Å². The van der Waals surface area contributed by atoms with Crippen molar-refractivity contribution in [3.63, 3.8) is 0 Å². The van der Waals surface area contributed by atoms with E-state index in [1.165, 1.54) is 0 Å². The molecule has 2 amide bonds. The van der Waals surface area contributed by atoms with Gasteiger partial charge in [0.2, 0.25) is 0 Å². The number of nitrogens with zero attached hydrogens (tertiary/aromatic N) is 1. The SMILES string of the molecule is COc1ccc(NC(=O)C[NH+](C)CC(=O)N[C@@](C)(C#N)C2CC2)cc1. The first-order valence-electron chi connectivity index (χ1n) is 8.33. The third kappa shape index (κ3) is 5.47. The van der Waals surface area contributed by atoms with Crippen molar-refractivity contribution in [2.45, 2.75) is 25.3 Å². The van der Waals surface area contributed by atoms with Gasteiger partial charge in [-0.25, -0.2) is 0 Å². The number of rotatable bonds is 8. The largest absolute Gasteiger partial charge is 0.497 e. The van der Waals surface area contributed by atoms with Crippen molar-refractivity contribution < 1.29 is 19.2 Å². The highest BCUT2D eigenvalue weighted by atomic mass is 16.5. The number of likely N-dealkylation sites (N-methyl/N-ethyl adjacent to an activating group) is 1. The zero-order valence-corrected chi connectivity index (χ0v) is 14.9. The number of anilines is 1. The molecule has 0 heterocycles. The predicted molar refractivity (Wildman–Crippen MR) is 93.1 cm³/mol. The van der Waals surface area contributed by atoms with Crippen LogP contribution in [0.2, 0.25) is 0 Å². The Morgan fingerprint density at radius 1 is 1.28 bits per heavy atom. The van der Waals surface area contributed by atoms with Crippen LogP contribution in [0.3, 0.4) is 0 Å². The van der Waals surface area contributed by atoms with Crippen molar-refractivity contribution in [2.24, 2.45) is 5.92 Å². The van der Waals surface area contributed by atoms with E-state index in [1.807, 2.05) is 0 Å². The summed E-state index contributed by atoms with van der Waals surface area (Å²) in [4.78, 5) is 25.0. The van der Waals surface area contributed by atoms with Gasteiger partial charge in [-0.3, -0.25) is 9.59 Å². The van der Waals surface area contributed by atoms with Crippen LogP contribution in [0.1, 0.15) is 19.8 Å². The average Bonchev–Trinajstić information content (AvgIpc) is 3.40. The highest BCUT2D eigenvalue weighted by molar-refractivity contribution is 5.91. The normalized spacial score (nSPS) is 16.9. The second-order valence-electron chi connectivity index (χ2n) is 6.72. The molecule has 0 saturated heterocycles. The van der Waals surface area contributed by atoms with Gasteiger partial charge in [0, 0.05) is 5.69 Å². The molecule has 134 valence electrons. The minimum absolute atomic E-state index is 0.139. The van der Waals surface area contributed by atoms with E-state index < -0.39 is 5.54 Å². The first-order chi connectivity index (χ1) is 11.9. The Balaban J connectivity index is 1.78. The maximum Gasteiger partial charge on any atom is 0.279 e. The molecular formula is C18H25N4O3+. The number of benzene rings is 1. The molecule has 25 heavy (non-hydrogen) atoms. The third-order valence-corrected chi connectivity index (χ3v) is 4.32. The maximum atomic E-state index is 12.1. The van der Waals surface area contributed by atoms with Crippen LogP contribution >= 0.6 is 0 Å². The number of hydrogen-bond donors (Lipinski definition) is 3. The first kappa shape index (κ1) is 18.7. The number of quaternary nitrogens is 1. The highest BCUT2D eigenvalue weighted by Gasteiger charge is 2.43. The molecule has 0 spiro atoms. The summed E-state index contributed by atoms with van der Waals surface area (Å²) in [6.07, 6.45) is 1.94. The molecule has 0 bridgehead atoms. The van der Waals surface area contributed by atoms with Gasteiger partial charge in [-0.2, -0.15) is 5.26 Å². The van der Waals surface area contributed by atoms with Gasteiger partial charge in [-0.1, -0.05) is 0 Å². The molecule has 3 N–H and O–H groups in total. The molecule has 1 aliphatic carbocycles. The maximum absolute atomic E-state index is 12.1. The topological polar surface area (TPSA) is 95.7 Å². The van der Waals surface area contributed by atoms with Crippen LogP contribution in [-0.4, -0.2) is 44.6 Å². The molecule has 1 fully saturated rings. The van der Waals surface area contributed by atoms with E-state index in [2.05, 4.69) is 16.7 Å². The fourth-order valence-electron chi connectivity index (χ4n) is 2.71. The van der Waals surface area contributed by atoms with Gasteiger partial charge in [-0.05, 0) is 49.9 Å². The van der Waals surface area contributed by atoms with E-state index >= 15 is 0 Å². The van der Waals surface area contributed by atoms with Crippen molar-refractivity contribution in [1.82, 2.24) is 5.32 Å². The van der Waals surface area contributed by atoms with Crippen molar-refractivity contribution >= 4 is 17.5 Å². The number of amides is 2. The van der Waals surface area contributed by atoms with Gasteiger partial charge in [0.05, 0.1) is 20.2 Å². The number of hydrogen-bond acceptors (Lipinski definition) is 4. The predicted octanol–water partition coefficient (Wildman–Crippen LogP) is -0.0431. The lowest BCUT2D eigenvalue weighted by molar-refractivity contribution is -0.862. The van der Waals surface area contributed by atoms with Gasteiger partial charge in [-0.15, -0.1) is 0 Å². The minimum Gasteiger partial charge on any atom is -0.497 e. The summed E-state index contributed by atoms with van der Waals surface area (Å²) in [6, 6.07) is 9.24.